The highest BCUT2D eigenvalue weighted by atomic mass is 16.2. The zero-order valence-electron chi connectivity index (χ0n) is 14.1. The molecule has 1 amide bonds. The van der Waals surface area contributed by atoms with E-state index in [1.54, 1.807) is 0 Å². The molecule has 3 nitrogen and oxygen atoms in total. The van der Waals surface area contributed by atoms with Crippen LogP contribution in [0, 0.1) is 0 Å². The summed E-state index contributed by atoms with van der Waals surface area (Å²) in [5, 5.41) is 3.42. The normalized spacial score (nSPS) is 24.5. The number of carbonyl (C=O) groups excluding carboxylic acids is 1. The van der Waals surface area contributed by atoms with Crippen molar-refractivity contribution in [3.05, 3.63) is 35.4 Å². The van der Waals surface area contributed by atoms with Gasteiger partial charge >= 0.3 is 0 Å². The maximum absolute atomic E-state index is 12.4. The highest BCUT2D eigenvalue weighted by Gasteiger charge is 2.39. The molecule has 1 fully saturated rings. The smallest absolute Gasteiger partial charge is 0.241 e. The molecular weight excluding hydrogens is 260 g/mol. The molecule has 0 bridgehead atoms. The second kappa shape index (κ2) is 5.80. The van der Waals surface area contributed by atoms with Crippen LogP contribution in [0.3, 0.4) is 0 Å². The monoisotopic (exact) mass is 288 g/mol. The fourth-order valence-electron chi connectivity index (χ4n) is 2.83. The molecule has 0 aromatic heterocycles. The summed E-state index contributed by atoms with van der Waals surface area (Å²) >= 11 is 0. The van der Waals surface area contributed by atoms with Crippen LogP contribution in [-0.2, 0) is 10.2 Å². The molecule has 1 heterocycles. The second-order valence-electron chi connectivity index (χ2n) is 7.17. The van der Waals surface area contributed by atoms with Crippen LogP contribution in [0.15, 0.2) is 24.3 Å². The molecule has 0 saturated carbocycles. The van der Waals surface area contributed by atoms with Crippen LogP contribution >= 0.6 is 0 Å². The van der Waals surface area contributed by atoms with Crippen molar-refractivity contribution in [1.82, 2.24) is 10.2 Å². The molecule has 3 atom stereocenters. The highest BCUT2D eigenvalue weighted by molar-refractivity contribution is 5.84. The van der Waals surface area contributed by atoms with E-state index in [2.05, 4.69) is 64.2 Å². The molecule has 1 aromatic rings. The zero-order chi connectivity index (χ0) is 15.8. The van der Waals surface area contributed by atoms with E-state index in [4.69, 9.17) is 0 Å². The largest absolute Gasteiger partial charge is 0.319 e. The number of nitrogens with zero attached hydrogens (tertiary/aromatic N) is 1. The van der Waals surface area contributed by atoms with Crippen molar-refractivity contribution < 1.29 is 4.79 Å². The summed E-state index contributed by atoms with van der Waals surface area (Å²) in [6.45, 7) is 12.8. The Hall–Kier alpha value is -1.35. The number of rotatable bonds is 3. The van der Waals surface area contributed by atoms with Crippen LogP contribution < -0.4 is 5.32 Å². The molecule has 1 saturated heterocycles. The van der Waals surface area contributed by atoms with Gasteiger partial charge in [-0.15, -0.1) is 0 Å². The first-order chi connectivity index (χ1) is 9.75. The zero-order valence-corrected chi connectivity index (χ0v) is 14.1. The first kappa shape index (κ1) is 16.0. The van der Waals surface area contributed by atoms with Crippen molar-refractivity contribution in [2.45, 2.75) is 71.6 Å². The number of benzene rings is 1. The Kier molecular flexibility index (Phi) is 4.43. The van der Waals surface area contributed by atoms with Gasteiger partial charge in [0.2, 0.25) is 5.91 Å². The Morgan fingerprint density at radius 3 is 2.29 bits per heavy atom. The molecular formula is C18H28N2O. The fourth-order valence-corrected chi connectivity index (χ4v) is 2.83. The lowest BCUT2D eigenvalue weighted by Gasteiger charge is -2.30. The van der Waals surface area contributed by atoms with Crippen molar-refractivity contribution >= 4 is 5.91 Å². The average Bonchev–Trinajstić information content (AvgIpc) is 2.73. The van der Waals surface area contributed by atoms with Crippen LogP contribution in [0.25, 0.3) is 0 Å². The van der Waals surface area contributed by atoms with E-state index >= 15 is 0 Å². The summed E-state index contributed by atoms with van der Waals surface area (Å²) < 4.78 is 0. The van der Waals surface area contributed by atoms with Gasteiger partial charge in [-0.1, -0.05) is 52.0 Å². The maximum atomic E-state index is 12.4. The molecule has 21 heavy (non-hydrogen) atoms. The lowest BCUT2D eigenvalue weighted by atomic mass is 9.86. The van der Waals surface area contributed by atoms with Crippen LogP contribution in [-0.4, -0.2) is 22.9 Å². The lowest BCUT2D eigenvalue weighted by molar-refractivity contribution is -0.131. The van der Waals surface area contributed by atoms with Gasteiger partial charge in [0.15, 0.2) is 0 Å². The molecule has 1 N–H and O–H groups in total. The molecule has 3 unspecified atom stereocenters. The van der Waals surface area contributed by atoms with Gasteiger partial charge in [0, 0.05) is 6.04 Å². The summed E-state index contributed by atoms with van der Waals surface area (Å²) in [5.74, 6) is 0.203. The van der Waals surface area contributed by atoms with Crippen molar-refractivity contribution in [3.8, 4) is 0 Å². The molecule has 1 aliphatic rings. The van der Waals surface area contributed by atoms with Gasteiger partial charge in [-0.3, -0.25) is 10.1 Å². The second-order valence-corrected chi connectivity index (χ2v) is 7.17. The Morgan fingerprint density at radius 1 is 1.24 bits per heavy atom. The molecule has 0 spiro atoms. The van der Waals surface area contributed by atoms with Crippen molar-refractivity contribution in [2.24, 2.45) is 0 Å². The van der Waals surface area contributed by atoms with E-state index in [0.29, 0.717) is 0 Å². The van der Waals surface area contributed by atoms with E-state index in [0.717, 1.165) is 6.42 Å². The Bertz CT molecular complexity index is 501. The van der Waals surface area contributed by atoms with Gasteiger partial charge in [0.05, 0.1) is 6.04 Å². The summed E-state index contributed by atoms with van der Waals surface area (Å²) in [7, 11) is 0. The summed E-state index contributed by atoms with van der Waals surface area (Å²) in [5.41, 5.74) is 2.64. The fraction of sp³-hybridized carbons (Fsp3) is 0.611. The Labute approximate surface area is 128 Å². The van der Waals surface area contributed by atoms with E-state index in [9.17, 15) is 4.79 Å². The number of carbonyl (C=O) groups is 1. The van der Waals surface area contributed by atoms with Crippen molar-refractivity contribution in [1.29, 1.82) is 0 Å². The topological polar surface area (TPSA) is 32.3 Å². The summed E-state index contributed by atoms with van der Waals surface area (Å²) in [4.78, 5) is 14.4. The number of hydrogen-bond acceptors (Lipinski definition) is 2. The molecule has 3 heteroatoms. The molecule has 1 aromatic carbocycles. The molecule has 0 aliphatic carbocycles. The third kappa shape index (κ3) is 3.13. The standard InChI is InChI=1S/C18H28N2O/c1-7-12(2)20-16(19-13(3)17(20)21)14-8-10-15(11-9-14)18(4,5)6/h8-13,16,19H,7H2,1-6H3. The quantitative estimate of drug-likeness (QED) is 0.921. The number of hydrogen-bond donors (Lipinski definition) is 1. The van der Waals surface area contributed by atoms with E-state index in [1.807, 2.05) is 11.8 Å². The Balaban J connectivity index is 2.29. The van der Waals surface area contributed by atoms with E-state index < -0.39 is 0 Å². The first-order valence-electron chi connectivity index (χ1n) is 7.94. The van der Waals surface area contributed by atoms with Gasteiger partial charge in [0.25, 0.3) is 0 Å². The van der Waals surface area contributed by atoms with Gasteiger partial charge < -0.3 is 4.90 Å². The third-order valence-electron chi connectivity index (χ3n) is 4.47. The van der Waals surface area contributed by atoms with Gasteiger partial charge in [0.1, 0.15) is 6.17 Å². The van der Waals surface area contributed by atoms with Crippen molar-refractivity contribution in [2.75, 3.05) is 0 Å². The van der Waals surface area contributed by atoms with Crippen molar-refractivity contribution in [3.63, 3.8) is 0 Å². The number of amides is 1. The van der Waals surface area contributed by atoms with Crippen LogP contribution in [0.1, 0.15) is 65.3 Å². The minimum absolute atomic E-state index is 0.00327. The third-order valence-corrected chi connectivity index (χ3v) is 4.47. The molecule has 0 radical (unpaired) electrons. The lowest BCUT2D eigenvalue weighted by Crippen LogP contribution is -2.37. The molecule has 2 rings (SSSR count). The molecule has 116 valence electrons. The summed E-state index contributed by atoms with van der Waals surface area (Å²) in [6.07, 6.45) is 0.966. The van der Waals surface area contributed by atoms with Crippen LogP contribution in [0.4, 0.5) is 0 Å². The van der Waals surface area contributed by atoms with Gasteiger partial charge in [-0.05, 0) is 36.8 Å². The SMILES string of the molecule is CCC(C)N1C(=O)C(C)NC1c1ccc(C(C)(C)C)cc1. The maximum Gasteiger partial charge on any atom is 0.241 e. The predicted molar refractivity (Wildman–Crippen MR) is 87.1 cm³/mol. The highest BCUT2D eigenvalue weighted by Crippen LogP contribution is 2.30. The van der Waals surface area contributed by atoms with E-state index in [1.165, 1.54) is 11.1 Å². The minimum Gasteiger partial charge on any atom is -0.319 e. The van der Waals surface area contributed by atoms with Gasteiger partial charge in [-0.25, -0.2) is 0 Å². The Morgan fingerprint density at radius 2 is 1.81 bits per heavy atom. The van der Waals surface area contributed by atoms with Crippen LogP contribution in [0.2, 0.25) is 0 Å². The van der Waals surface area contributed by atoms with E-state index in [-0.39, 0.29) is 29.6 Å². The minimum atomic E-state index is -0.105. The summed E-state index contributed by atoms with van der Waals surface area (Å²) in [6, 6.07) is 8.81. The predicted octanol–water partition coefficient (Wildman–Crippen LogP) is 3.60. The average molecular weight is 288 g/mol. The molecule has 1 aliphatic heterocycles. The van der Waals surface area contributed by atoms with Gasteiger partial charge in [-0.2, -0.15) is 0 Å². The number of nitrogens with one attached hydrogen (secondary N) is 1. The first-order valence-corrected chi connectivity index (χ1v) is 7.94. The van der Waals surface area contributed by atoms with Crippen LogP contribution in [0.5, 0.6) is 0 Å².